The van der Waals surface area contributed by atoms with E-state index in [0.717, 1.165) is 0 Å². The van der Waals surface area contributed by atoms with Crippen molar-refractivity contribution in [2.75, 3.05) is 0 Å². The maximum Gasteiger partial charge on any atom is 0.212 e. The zero-order valence-corrected chi connectivity index (χ0v) is 15.1. The van der Waals surface area contributed by atoms with Crippen LogP contribution >= 0.6 is 0 Å². The molecule has 0 radical (unpaired) electrons. The van der Waals surface area contributed by atoms with E-state index in [1.165, 1.54) is 44.6 Å². The summed E-state index contributed by atoms with van der Waals surface area (Å²) in [6.45, 7) is 9.04. The van der Waals surface area contributed by atoms with Crippen molar-refractivity contribution in [2.24, 2.45) is 7.05 Å². The molecule has 1 aliphatic rings. The highest BCUT2D eigenvalue weighted by atomic mass is 14.9. The van der Waals surface area contributed by atoms with Gasteiger partial charge in [-0.2, -0.15) is 0 Å². The summed E-state index contributed by atoms with van der Waals surface area (Å²) in [7, 11) is 2.13. The highest BCUT2D eigenvalue weighted by molar-refractivity contribution is 5.84. The molecule has 120 valence electrons. The molecule has 1 heterocycles. The standard InChI is InChI=1S/C23H24N/c1-15-10-11-22(24(5)14-15)18-13-19-17-8-6-7-9-20(17)23(3,4)21(19)12-16(18)2/h6-14H,1-5H3/q+1. The molecule has 0 fully saturated rings. The Balaban J connectivity index is 2.00. The average Bonchev–Trinajstić information content (AvgIpc) is 2.76. The summed E-state index contributed by atoms with van der Waals surface area (Å²) in [4.78, 5) is 0. The van der Waals surface area contributed by atoms with Crippen LogP contribution in [0.25, 0.3) is 22.4 Å². The normalized spacial score (nSPS) is 14.4. The van der Waals surface area contributed by atoms with Crippen molar-refractivity contribution in [1.82, 2.24) is 0 Å². The molecular formula is C23H24N+. The molecule has 0 amide bonds. The van der Waals surface area contributed by atoms with Crippen molar-refractivity contribution < 1.29 is 4.57 Å². The van der Waals surface area contributed by atoms with Crippen LogP contribution < -0.4 is 4.57 Å². The minimum atomic E-state index is 0.0741. The highest BCUT2D eigenvalue weighted by Gasteiger charge is 2.36. The maximum absolute atomic E-state index is 2.39. The van der Waals surface area contributed by atoms with E-state index in [4.69, 9.17) is 0 Å². The second kappa shape index (κ2) is 5.04. The molecule has 0 spiro atoms. The van der Waals surface area contributed by atoms with Crippen LogP contribution in [-0.4, -0.2) is 0 Å². The number of nitrogens with zero attached hydrogens (tertiary/aromatic N) is 1. The van der Waals surface area contributed by atoms with Gasteiger partial charge in [-0.3, -0.25) is 0 Å². The summed E-state index contributed by atoms with van der Waals surface area (Å²) in [6, 6.07) is 18.0. The Morgan fingerprint density at radius 2 is 1.54 bits per heavy atom. The lowest BCUT2D eigenvalue weighted by Crippen LogP contribution is -2.31. The summed E-state index contributed by atoms with van der Waals surface area (Å²) in [5.41, 5.74) is 10.9. The second-order valence-corrected chi connectivity index (χ2v) is 7.59. The lowest BCUT2D eigenvalue weighted by Gasteiger charge is -2.22. The van der Waals surface area contributed by atoms with Gasteiger partial charge in [0.2, 0.25) is 5.69 Å². The minimum Gasteiger partial charge on any atom is -0.201 e. The van der Waals surface area contributed by atoms with Crippen LogP contribution in [0.1, 0.15) is 36.1 Å². The van der Waals surface area contributed by atoms with Crippen LogP contribution in [0.3, 0.4) is 0 Å². The van der Waals surface area contributed by atoms with Crippen LogP contribution in [0.2, 0.25) is 0 Å². The first-order chi connectivity index (χ1) is 11.4. The van der Waals surface area contributed by atoms with E-state index in [2.05, 4.69) is 94.0 Å². The third kappa shape index (κ3) is 2.04. The molecule has 2 aromatic carbocycles. The number of aromatic nitrogens is 1. The van der Waals surface area contributed by atoms with Gasteiger partial charge in [0.1, 0.15) is 7.05 Å². The number of hydrogen-bond donors (Lipinski definition) is 0. The third-order valence-electron chi connectivity index (χ3n) is 5.49. The number of rotatable bonds is 1. The zero-order valence-electron chi connectivity index (χ0n) is 15.1. The topological polar surface area (TPSA) is 3.88 Å². The summed E-state index contributed by atoms with van der Waals surface area (Å²) in [6.07, 6.45) is 2.19. The van der Waals surface area contributed by atoms with Gasteiger partial charge in [0.05, 0.1) is 0 Å². The fraction of sp³-hybridized carbons (Fsp3) is 0.261. The summed E-state index contributed by atoms with van der Waals surface area (Å²) < 4.78 is 2.23. The molecule has 1 heteroatoms. The first kappa shape index (κ1) is 15.1. The number of pyridine rings is 1. The Kier molecular flexibility index (Phi) is 3.18. The minimum absolute atomic E-state index is 0.0741. The zero-order chi connectivity index (χ0) is 17.1. The SMILES string of the molecule is Cc1ccc(-c2cc3c(cc2C)C(C)(C)c2ccccc2-3)[n+](C)c1. The first-order valence-electron chi connectivity index (χ1n) is 8.61. The van der Waals surface area contributed by atoms with Gasteiger partial charge in [-0.05, 0) is 53.8 Å². The van der Waals surface area contributed by atoms with Crippen LogP contribution in [0.5, 0.6) is 0 Å². The summed E-state index contributed by atoms with van der Waals surface area (Å²) in [5, 5.41) is 0. The predicted molar refractivity (Wildman–Crippen MR) is 100 cm³/mol. The molecule has 1 aromatic heterocycles. The van der Waals surface area contributed by atoms with Gasteiger partial charge in [0.25, 0.3) is 0 Å². The Morgan fingerprint density at radius 3 is 2.29 bits per heavy atom. The highest BCUT2D eigenvalue weighted by Crippen LogP contribution is 2.49. The largest absolute Gasteiger partial charge is 0.212 e. The molecule has 1 aliphatic carbocycles. The molecule has 0 aliphatic heterocycles. The summed E-state index contributed by atoms with van der Waals surface area (Å²) >= 11 is 0. The average molecular weight is 314 g/mol. The van der Waals surface area contributed by atoms with E-state index < -0.39 is 0 Å². The van der Waals surface area contributed by atoms with E-state index in [-0.39, 0.29) is 5.41 Å². The van der Waals surface area contributed by atoms with Gasteiger partial charge >= 0.3 is 0 Å². The van der Waals surface area contributed by atoms with Gasteiger partial charge in [0.15, 0.2) is 6.20 Å². The van der Waals surface area contributed by atoms with E-state index in [1.807, 2.05) is 0 Å². The lowest BCUT2D eigenvalue weighted by atomic mass is 9.81. The molecular weight excluding hydrogens is 290 g/mol. The van der Waals surface area contributed by atoms with Gasteiger partial charge < -0.3 is 0 Å². The Hall–Kier alpha value is -2.41. The van der Waals surface area contributed by atoms with Crippen LogP contribution in [0, 0.1) is 13.8 Å². The van der Waals surface area contributed by atoms with Gasteiger partial charge in [0, 0.05) is 22.6 Å². The van der Waals surface area contributed by atoms with Gasteiger partial charge in [-0.25, -0.2) is 4.57 Å². The monoisotopic (exact) mass is 314 g/mol. The maximum atomic E-state index is 2.39. The molecule has 24 heavy (non-hydrogen) atoms. The van der Waals surface area contributed by atoms with Crippen molar-refractivity contribution in [2.45, 2.75) is 33.1 Å². The number of fused-ring (bicyclic) bond motifs is 3. The Bertz CT molecular complexity index is 964. The molecule has 0 bridgehead atoms. The van der Waals surface area contributed by atoms with E-state index in [9.17, 15) is 0 Å². The molecule has 0 atom stereocenters. The fourth-order valence-electron chi connectivity index (χ4n) is 4.16. The number of aryl methyl sites for hydroxylation is 3. The molecule has 0 saturated carbocycles. The molecule has 3 aromatic rings. The lowest BCUT2D eigenvalue weighted by molar-refractivity contribution is -0.660. The molecule has 1 nitrogen and oxygen atoms in total. The van der Waals surface area contributed by atoms with E-state index in [0.29, 0.717) is 0 Å². The molecule has 4 rings (SSSR count). The van der Waals surface area contributed by atoms with Crippen molar-refractivity contribution in [3.05, 3.63) is 77.0 Å². The molecule has 0 N–H and O–H groups in total. The fourth-order valence-corrected chi connectivity index (χ4v) is 4.16. The number of hydrogen-bond acceptors (Lipinski definition) is 0. The van der Waals surface area contributed by atoms with E-state index >= 15 is 0 Å². The smallest absolute Gasteiger partial charge is 0.201 e. The van der Waals surface area contributed by atoms with Crippen molar-refractivity contribution >= 4 is 0 Å². The molecule has 0 unspecified atom stereocenters. The van der Waals surface area contributed by atoms with Crippen LogP contribution in [-0.2, 0) is 12.5 Å². The first-order valence-corrected chi connectivity index (χ1v) is 8.61. The van der Waals surface area contributed by atoms with Gasteiger partial charge in [-0.15, -0.1) is 0 Å². The summed E-state index contributed by atoms with van der Waals surface area (Å²) in [5.74, 6) is 0. The second-order valence-electron chi connectivity index (χ2n) is 7.59. The molecule has 0 saturated heterocycles. The Labute approximate surface area is 144 Å². The van der Waals surface area contributed by atoms with Crippen molar-refractivity contribution in [3.63, 3.8) is 0 Å². The Morgan fingerprint density at radius 1 is 0.792 bits per heavy atom. The van der Waals surface area contributed by atoms with E-state index in [1.54, 1.807) is 0 Å². The van der Waals surface area contributed by atoms with Crippen molar-refractivity contribution in [3.8, 4) is 22.4 Å². The quantitative estimate of drug-likeness (QED) is 0.550. The van der Waals surface area contributed by atoms with Crippen molar-refractivity contribution in [1.29, 1.82) is 0 Å². The third-order valence-corrected chi connectivity index (χ3v) is 5.49. The van der Waals surface area contributed by atoms with Crippen LogP contribution in [0.15, 0.2) is 54.7 Å². The predicted octanol–water partition coefficient (Wildman–Crippen LogP) is 5.10. The van der Waals surface area contributed by atoms with Crippen LogP contribution in [0.4, 0.5) is 0 Å². The van der Waals surface area contributed by atoms with Gasteiger partial charge in [-0.1, -0.05) is 44.2 Å². The number of benzene rings is 2.